The van der Waals surface area contributed by atoms with Crippen LogP contribution in [0.25, 0.3) is 0 Å². The van der Waals surface area contributed by atoms with Crippen molar-refractivity contribution in [1.82, 2.24) is 15.1 Å². The maximum Gasteiger partial charge on any atom is 0.262 e. The molecule has 8 heteroatoms. The molecule has 1 N–H and O–H groups in total. The third kappa shape index (κ3) is 2.27. The Morgan fingerprint density at radius 3 is 2.27 bits per heavy atom. The van der Waals surface area contributed by atoms with Crippen molar-refractivity contribution >= 4 is 34.2 Å². The predicted octanol–water partition coefficient (Wildman–Crippen LogP) is 1.47. The minimum atomic E-state index is -0.934. The molecule has 0 bridgehead atoms. The Balaban J connectivity index is 1.81. The smallest absolute Gasteiger partial charge is 0.262 e. The van der Waals surface area contributed by atoms with Gasteiger partial charge in [0.1, 0.15) is 11.0 Å². The molecule has 3 rings (SSSR count). The first-order valence-corrected chi connectivity index (χ1v) is 7.38. The van der Waals surface area contributed by atoms with E-state index in [2.05, 4.69) is 15.5 Å². The number of aromatic nitrogens is 2. The van der Waals surface area contributed by atoms with Crippen molar-refractivity contribution in [3.05, 3.63) is 40.4 Å². The highest BCUT2D eigenvalue weighted by Crippen LogP contribution is 2.25. The van der Waals surface area contributed by atoms with Crippen molar-refractivity contribution in [2.24, 2.45) is 0 Å². The molecule has 1 aliphatic heterocycles. The van der Waals surface area contributed by atoms with Crippen LogP contribution >= 0.6 is 11.3 Å². The average molecular weight is 316 g/mol. The summed E-state index contributed by atoms with van der Waals surface area (Å²) in [5, 5.41) is 11.2. The van der Waals surface area contributed by atoms with Crippen LogP contribution in [0.4, 0.5) is 5.13 Å². The minimum Gasteiger partial charge on any atom is -0.299 e. The van der Waals surface area contributed by atoms with E-state index < -0.39 is 23.8 Å². The van der Waals surface area contributed by atoms with Gasteiger partial charge >= 0.3 is 0 Å². The Labute approximate surface area is 130 Å². The quantitative estimate of drug-likeness (QED) is 0.866. The predicted molar refractivity (Wildman–Crippen MR) is 79.7 cm³/mol. The number of nitrogens with zero attached hydrogens (tertiary/aromatic N) is 3. The van der Waals surface area contributed by atoms with Gasteiger partial charge in [-0.2, -0.15) is 0 Å². The molecule has 2 aromatic rings. The first kappa shape index (κ1) is 14.3. The van der Waals surface area contributed by atoms with Crippen LogP contribution in [-0.2, 0) is 4.79 Å². The fourth-order valence-electron chi connectivity index (χ4n) is 2.23. The van der Waals surface area contributed by atoms with E-state index in [9.17, 15) is 14.4 Å². The molecule has 112 valence electrons. The molecule has 1 aromatic heterocycles. The molecule has 0 fully saturated rings. The van der Waals surface area contributed by atoms with E-state index in [0.29, 0.717) is 21.3 Å². The summed E-state index contributed by atoms with van der Waals surface area (Å²) in [5.74, 6) is -1.40. The van der Waals surface area contributed by atoms with Gasteiger partial charge in [-0.25, -0.2) is 0 Å². The zero-order valence-electron chi connectivity index (χ0n) is 11.9. The number of nitrogens with one attached hydrogen (secondary N) is 1. The fourth-order valence-corrected chi connectivity index (χ4v) is 2.83. The number of carbonyl (C=O) groups is 3. The second-order valence-corrected chi connectivity index (χ2v) is 6.00. The number of amides is 3. The molecule has 3 amide bonds. The molecular weight excluding hydrogens is 304 g/mol. The topological polar surface area (TPSA) is 92.3 Å². The van der Waals surface area contributed by atoms with Crippen LogP contribution in [0.1, 0.15) is 32.6 Å². The Hall–Kier alpha value is -2.61. The van der Waals surface area contributed by atoms with Gasteiger partial charge in [0.15, 0.2) is 0 Å². The van der Waals surface area contributed by atoms with Crippen LogP contribution in [-0.4, -0.2) is 38.9 Å². The number of hydrogen-bond acceptors (Lipinski definition) is 6. The Morgan fingerprint density at radius 2 is 1.77 bits per heavy atom. The molecule has 1 aliphatic rings. The molecule has 0 radical (unpaired) electrons. The monoisotopic (exact) mass is 316 g/mol. The zero-order valence-corrected chi connectivity index (χ0v) is 12.7. The van der Waals surface area contributed by atoms with Gasteiger partial charge in [0.25, 0.3) is 11.8 Å². The first-order valence-electron chi connectivity index (χ1n) is 6.57. The Morgan fingerprint density at radius 1 is 1.18 bits per heavy atom. The van der Waals surface area contributed by atoms with E-state index in [1.54, 1.807) is 31.2 Å². The summed E-state index contributed by atoms with van der Waals surface area (Å²) in [4.78, 5) is 37.8. The molecule has 1 atom stereocenters. The second kappa shape index (κ2) is 5.30. The van der Waals surface area contributed by atoms with Gasteiger partial charge in [-0.05, 0) is 26.0 Å². The lowest BCUT2D eigenvalue weighted by molar-refractivity contribution is -0.119. The summed E-state index contributed by atoms with van der Waals surface area (Å²) in [6.07, 6.45) is 0. The molecule has 1 aromatic carbocycles. The van der Waals surface area contributed by atoms with Crippen LogP contribution in [0.3, 0.4) is 0 Å². The maximum absolute atomic E-state index is 12.3. The highest BCUT2D eigenvalue weighted by molar-refractivity contribution is 7.15. The number of benzene rings is 1. The normalized spacial score (nSPS) is 14.9. The largest absolute Gasteiger partial charge is 0.299 e. The highest BCUT2D eigenvalue weighted by atomic mass is 32.1. The van der Waals surface area contributed by atoms with Gasteiger partial charge in [-0.1, -0.05) is 23.5 Å². The summed E-state index contributed by atoms with van der Waals surface area (Å²) >= 11 is 1.22. The van der Waals surface area contributed by atoms with Gasteiger partial charge in [0.05, 0.1) is 11.1 Å². The summed E-state index contributed by atoms with van der Waals surface area (Å²) < 4.78 is 0. The Bertz CT molecular complexity index is 751. The number of hydrogen-bond donors (Lipinski definition) is 1. The molecule has 2 heterocycles. The van der Waals surface area contributed by atoms with Crippen LogP contribution < -0.4 is 5.32 Å². The molecule has 7 nitrogen and oxygen atoms in total. The first-order chi connectivity index (χ1) is 10.5. The molecule has 22 heavy (non-hydrogen) atoms. The van der Waals surface area contributed by atoms with E-state index in [-0.39, 0.29) is 0 Å². The number of anilines is 1. The minimum absolute atomic E-state index is 0.318. The van der Waals surface area contributed by atoms with Crippen LogP contribution in [0, 0.1) is 6.92 Å². The SMILES string of the molecule is Cc1nnc(NC(=O)[C@H](C)N2C(=O)c3ccccc3C2=O)s1. The lowest BCUT2D eigenvalue weighted by Gasteiger charge is -2.20. The molecule has 0 unspecified atom stereocenters. The van der Waals surface area contributed by atoms with E-state index in [4.69, 9.17) is 0 Å². The van der Waals surface area contributed by atoms with Gasteiger partial charge in [0.2, 0.25) is 11.0 Å². The van der Waals surface area contributed by atoms with Gasteiger partial charge in [-0.15, -0.1) is 10.2 Å². The van der Waals surface area contributed by atoms with E-state index in [1.807, 2.05) is 0 Å². The van der Waals surface area contributed by atoms with Gasteiger partial charge in [0, 0.05) is 0 Å². The van der Waals surface area contributed by atoms with Crippen molar-refractivity contribution in [1.29, 1.82) is 0 Å². The number of fused-ring (bicyclic) bond motifs is 1. The van der Waals surface area contributed by atoms with Crippen molar-refractivity contribution < 1.29 is 14.4 Å². The molecule has 0 saturated carbocycles. The number of carbonyl (C=O) groups excluding carboxylic acids is 3. The average Bonchev–Trinajstić information content (AvgIpc) is 3.01. The van der Waals surface area contributed by atoms with Crippen molar-refractivity contribution in [2.75, 3.05) is 5.32 Å². The highest BCUT2D eigenvalue weighted by Gasteiger charge is 2.40. The number of imide groups is 1. The molecular formula is C14H12N4O3S. The summed E-state index contributed by atoms with van der Waals surface area (Å²) in [6, 6.07) is 5.59. The Kier molecular flexibility index (Phi) is 3.45. The van der Waals surface area contributed by atoms with Crippen molar-refractivity contribution in [3.8, 4) is 0 Å². The third-order valence-electron chi connectivity index (χ3n) is 3.35. The lowest BCUT2D eigenvalue weighted by atomic mass is 10.1. The second-order valence-electron chi connectivity index (χ2n) is 4.82. The van der Waals surface area contributed by atoms with Crippen molar-refractivity contribution in [3.63, 3.8) is 0 Å². The summed E-state index contributed by atoms with van der Waals surface area (Å²) in [7, 11) is 0. The third-order valence-corrected chi connectivity index (χ3v) is 4.10. The van der Waals surface area contributed by atoms with Gasteiger partial charge in [-0.3, -0.25) is 24.6 Å². The molecule has 0 aliphatic carbocycles. The van der Waals surface area contributed by atoms with Crippen LogP contribution in [0.15, 0.2) is 24.3 Å². The van der Waals surface area contributed by atoms with E-state index >= 15 is 0 Å². The standard InChI is InChI=1S/C14H12N4O3S/c1-7(11(19)15-14-17-16-8(2)22-14)18-12(20)9-5-3-4-6-10(9)13(18)21/h3-7H,1-2H3,(H,15,17,19)/t7-/m0/s1. The van der Waals surface area contributed by atoms with Crippen LogP contribution in [0.5, 0.6) is 0 Å². The van der Waals surface area contributed by atoms with E-state index in [0.717, 1.165) is 4.90 Å². The summed E-state index contributed by atoms with van der Waals surface area (Å²) in [5.41, 5.74) is 0.637. The molecule has 0 spiro atoms. The maximum atomic E-state index is 12.3. The lowest BCUT2D eigenvalue weighted by Crippen LogP contribution is -2.45. The summed E-state index contributed by atoms with van der Waals surface area (Å²) in [6.45, 7) is 3.27. The molecule has 0 saturated heterocycles. The zero-order chi connectivity index (χ0) is 15.9. The van der Waals surface area contributed by atoms with Gasteiger partial charge < -0.3 is 0 Å². The van der Waals surface area contributed by atoms with Crippen LogP contribution in [0.2, 0.25) is 0 Å². The number of rotatable bonds is 3. The number of aryl methyl sites for hydroxylation is 1. The van der Waals surface area contributed by atoms with E-state index in [1.165, 1.54) is 18.3 Å². The van der Waals surface area contributed by atoms with Crippen molar-refractivity contribution in [2.45, 2.75) is 19.9 Å². The fraction of sp³-hybridized carbons (Fsp3) is 0.214.